The minimum absolute atomic E-state index is 0.228. The smallest absolute Gasteiger partial charge is 0.124 e. The molecular weight excluding hydrogens is 247 g/mol. The second-order valence-electron chi connectivity index (χ2n) is 4.04. The van der Waals surface area contributed by atoms with Gasteiger partial charge in [-0.2, -0.15) is 0 Å². The minimum atomic E-state index is -0.228. The maximum absolute atomic E-state index is 13.1. The fraction of sp³-hybridized carbons (Fsp3) is 0.0714. The number of thiazole rings is 1. The Hall–Kier alpha value is -1.78. The lowest BCUT2D eigenvalue weighted by Crippen LogP contribution is -1.95. The molecule has 0 spiro atoms. The van der Waals surface area contributed by atoms with Crippen molar-refractivity contribution < 1.29 is 4.39 Å². The van der Waals surface area contributed by atoms with Crippen LogP contribution in [0.25, 0.3) is 20.8 Å². The van der Waals surface area contributed by atoms with Gasteiger partial charge in [0.1, 0.15) is 10.8 Å². The summed E-state index contributed by atoms with van der Waals surface area (Å²) in [5.41, 5.74) is 8.55. The Bertz CT molecular complexity index is 706. The van der Waals surface area contributed by atoms with E-state index in [9.17, 15) is 4.39 Å². The first-order valence-electron chi connectivity index (χ1n) is 5.62. The Morgan fingerprint density at radius 2 is 2.06 bits per heavy atom. The average Bonchev–Trinajstić information content (AvgIpc) is 2.81. The van der Waals surface area contributed by atoms with Gasteiger partial charge < -0.3 is 5.73 Å². The summed E-state index contributed by atoms with van der Waals surface area (Å²) in [5.74, 6) is -0.228. The van der Waals surface area contributed by atoms with E-state index in [0.29, 0.717) is 6.54 Å². The van der Waals surface area contributed by atoms with Crippen LogP contribution in [0.15, 0.2) is 42.5 Å². The zero-order valence-electron chi connectivity index (χ0n) is 9.56. The van der Waals surface area contributed by atoms with Crippen LogP contribution in [0.4, 0.5) is 4.39 Å². The zero-order valence-corrected chi connectivity index (χ0v) is 10.4. The first-order chi connectivity index (χ1) is 8.76. The highest BCUT2D eigenvalue weighted by molar-refractivity contribution is 7.21. The molecule has 0 saturated carbocycles. The number of rotatable bonds is 2. The topological polar surface area (TPSA) is 38.9 Å². The molecule has 0 aliphatic carbocycles. The van der Waals surface area contributed by atoms with Gasteiger partial charge in [-0.05, 0) is 29.8 Å². The Kier molecular flexibility index (Phi) is 2.81. The minimum Gasteiger partial charge on any atom is -0.326 e. The van der Waals surface area contributed by atoms with Crippen molar-refractivity contribution in [2.75, 3.05) is 0 Å². The van der Waals surface area contributed by atoms with Crippen molar-refractivity contribution in [1.82, 2.24) is 4.98 Å². The molecule has 2 N–H and O–H groups in total. The van der Waals surface area contributed by atoms with Gasteiger partial charge in [0.15, 0.2) is 0 Å². The summed E-state index contributed by atoms with van der Waals surface area (Å²) in [6.07, 6.45) is 0. The van der Waals surface area contributed by atoms with Crippen LogP contribution in [0.3, 0.4) is 0 Å². The van der Waals surface area contributed by atoms with Crippen molar-refractivity contribution in [3.8, 4) is 10.6 Å². The van der Waals surface area contributed by atoms with Crippen LogP contribution in [-0.2, 0) is 6.54 Å². The molecule has 1 aromatic heterocycles. The molecule has 0 saturated heterocycles. The molecule has 0 aliphatic heterocycles. The molecule has 3 aromatic rings. The maximum Gasteiger partial charge on any atom is 0.124 e. The van der Waals surface area contributed by atoms with E-state index in [1.54, 1.807) is 6.07 Å². The summed E-state index contributed by atoms with van der Waals surface area (Å²) in [6, 6.07) is 12.6. The molecule has 0 amide bonds. The highest BCUT2D eigenvalue weighted by Crippen LogP contribution is 2.30. The lowest BCUT2D eigenvalue weighted by Gasteiger charge is -1.99. The number of nitrogens with zero attached hydrogens (tertiary/aromatic N) is 1. The van der Waals surface area contributed by atoms with E-state index in [2.05, 4.69) is 4.98 Å². The van der Waals surface area contributed by atoms with Crippen molar-refractivity contribution in [2.45, 2.75) is 6.54 Å². The molecule has 4 heteroatoms. The molecule has 0 fully saturated rings. The third kappa shape index (κ3) is 2.00. The van der Waals surface area contributed by atoms with Crippen molar-refractivity contribution in [3.63, 3.8) is 0 Å². The van der Waals surface area contributed by atoms with Gasteiger partial charge in [-0.1, -0.05) is 18.2 Å². The quantitative estimate of drug-likeness (QED) is 0.763. The molecule has 0 bridgehead atoms. The molecule has 0 aliphatic rings. The number of halogens is 1. The largest absolute Gasteiger partial charge is 0.326 e. The second-order valence-corrected chi connectivity index (χ2v) is 5.07. The van der Waals surface area contributed by atoms with E-state index in [1.807, 2.05) is 24.3 Å². The first-order valence-corrected chi connectivity index (χ1v) is 6.43. The molecular formula is C14H11FN2S. The summed E-state index contributed by atoms with van der Waals surface area (Å²) >= 11 is 1.49. The number of fused-ring (bicyclic) bond motifs is 1. The van der Waals surface area contributed by atoms with Crippen LogP contribution in [0, 0.1) is 5.82 Å². The van der Waals surface area contributed by atoms with E-state index in [1.165, 1.54) is 23.5 Å². The molecule has 0 unspecified atom stereocenters. The fourth-order valence-electron chi connectivity index (χ4n) is 1.85. The SMILES string of the molecule is NCc1cccc(-c2nc3ccc(F)cc3s2)c1. The third-order valence-corrected chi connectivity index (χ3v) is 3.83. The third-order valence-electron chi connectivity index (χ3n) is 2.76. The van der Waals surface area contributed by atoms with Gasteiger partial charge in [-0.15, -0.1) is 11.3 Å². The summed E-state index contributed by atoms with van der Waals surface area (Å²) in [6.45, 7) is 0.507. The molecule has 3 rings (SSSR count). The van der Waals surface area contributed by atoms with E-state index in [0.717, 1.165) is 26.4 Å². The van der Waals surface area contributed by atoms with Gasteiger partial charge in [0.2, 0.25) is 0 Å². The molecule has 2 aromatic carbocycles. The van der Waals surface area contributed by atoms with Crippen LogP contribution in [0.1, 0.15) is 5.56 Å². The van der Waals surface area contributed by atoms with Gasteiger partial charge in [0.05, 0.1) is 10.2 Å². The summed E-state index contributed by atoms with van der Waals surface area (Å²) < 4.78 is 14.0. The lowest BCUT2D eigenvalue weighted by molar-refractivity contribution is 0.630. The van der Waals surface area contributed by atoms with Crippen molar-refractivity contribution in [1.29, 1.82) is 0 Å². The van der Waals surface area contributed by atoms with E-state index >= 15 is 0 Å². The maximum atomic E-state index is 13.1. The van der Waals surface area contributed by atoms with Crippen LogP contribution in [0.2, 0.25) is 0 Å². The van der Waals surface area contributed by atoms with Crippen LogP contribution in [0.5, 0.6) is 0 Å². The Morgan fingerprint density at radius 3 is 2.89 bits per heavy atom. The van der Waals surface area contributed by atoms with Crippen LogP contribution in [-0.4, -0.2) is 4.98 Å². The van der Waals surface area contributed by atoms with Gasteiger partial charge in [0.25, 0.3) is 0 Å². The number of benzene rings is 2. The van der Waals surface area contributed by atoms with Crippen LogP contribution >= 0.6 is 11.3 Å². The van der Waals surface area contributed by atoms with Gasteiger partial charge >= 0.3 is 0 Å². The molecule has 18 heavy (non-hydrogen) atoms. The number of aromatic nitrogens is 1. The number of hydrogen-bond donors (Lipinski definition) is 1. The van der Waals surface area contributed by atoms with Gasteiger partial charge in [-0.25, -0.2) is 9.37 Å². The number of hydrogen-bond acceptors (Lipinski definition) is 3. The van der Waals surface area contributed by atoms with Crippen molar-refractivity contribution in [2.24, 2.45) is 5.73 Å². The summed E-state index contributed by atoms with van der Waals surface area (Å²) in [7, 11) is 0. The highest BCUT2D eigenvalue weighted by atomic mass is 32.1. The lowest BCUT2D eigenvalue weighted by atomic mass is 10.1. The second kappa shape index (κ2) is 4.48. The number of nitrogens with two attached hydrogens (primary N) is 1. The Labute approximate surface area is 108 Å². The fourth-order valence-corrected chi connectivity index (χ4v) is 2.84. The molecule has 90 valence electrons. The normalized spacial score (nSPS) is 11.0. The van der Waals surface area contributed by atoms with Crippen molar-refractivity contribution in [3.05, 3.63) is 53.8 Å². The van der Waals surface area contributed by atoms with Gasteiger partial charge in [0, 0.05) is 12.1 Å². The van der Waals surface area contributed by atoms with E-state index < -0.39 is 0 Å². The highest BCUT2D eigenvalue weighted by Gasteiger charge is 2.07. The standard InChI is InChI=1S/C14H11FN2S/c15-11-4-5-12-13(7-11)18-14(17-12)10-3-1-2-9(6-10)8-16/h1-7H,8,16H2. The predicted octanol–water partition coefficient (Wildman–Crippen LogP) is 3.56. The van der Waals surface area contributed by atoms with Crippen molar-refractivity contribution >= 4 is 21.6 Å². The van der Waals surface area contributed by atoms with E-state index in [4.69, 9.17) is 5.73 Å². The molecule has 0 atom stereocenters. The summed E-state index contributed by atoms with van der Waals surface area (Å²) in [5, 5.41) is 0.894. The van der Waals surface area contributed by atoms with E-state index in [-0.39, 0.29) is 5.82 Å². The zero-order chi connectivity index (χ0) is 12.5. The molecule has 1 heterocycles. The molecule has 2 nitrogen and oxygen atoms in total. The van der Waals surface area contributed by atoms with Crippen LogP contribution < -0.4 is 5.73 Å². The average molecular weight is 258 g/mol. The predicted molar refractivity (Wildman–Crippen MR) is 72.9 cm³/mol. The summed E-state index contributed by atoms with van der Waals surface area (Å²) in [4.78, 5) is 4.51. The molecule has 0 radical (unpaired) electrons. The van der Waals surface area contributed by atoms with Gasteiger partial charge in [-0.3, -0.25) is 0 Å². The Balaban J connectivity index is 2.13. The first kappa shape index (κ1) is 11.3. The monoisotopic (exact) mass is 258 g/mol. The Morgan fingerprint density at radius 1 is 1.17 bits per heavy atom.